The molecule has 0 radical (unpaired) electrons. The van der Waals surface area contributed by atoms with E-state index in [1.54, 1.807) is 7.05 Å². The van der Waals surface area contributed by atoms with Gasteiger partial charge in [0.25, 0.3) is 0 Å². The van der Waals surface area contributed by atoms with Gasteiger partial charge in [0.05, 0.1) is 0 Å². The van der Waals surface area contributed by atoms with Gasteiger partial charge in [0.1, 0.15) is 6.04 Å². The Kier molecular flexibility index (Phi) is 4.93. The first-order valence-corrected chi connectivity index (χ1v) is 7.07. The summed E-state index contributed by atoms with van der Waals surface area (Å²) in [4.78, 5) is 36.1. The number of nitrogens with zero attached hydrogens (tertiary/aromatic N) is 1. The highest BCUT2D eigenvalue weighted by molar-refractivity contribution is 6.00. The zero-order valence-corrected chi connectivity index (χ0v) is 12.5. The number of amides is 3. The molecule has 0 saturated carbocycles. The second-order valence-electron chi connectivity index (χ2n) is 5.15. The molecule has 1 aromatic rings. The van der Waals surface area contributed by atoms with Gasteiger partial charge in [-0.3, -0.25) is 14.4 Å². The van der Waals surface area contributed by atoms with Crippen molar-refractivity contribution in [3.05, 3.63) is 42.5 Å². The molecule has 0 aliphatic carbocycles. The third kappa shape index (κ3) is 3.72. The summed E-state index contributed by atoms with van der Waals surface area (Å²) in [7, 11) is 1.66. The topological polar surface area (TPSA) is 78.5 Å². The maximum Gasteiger partial charge on any atom is 0.250 e. The molecule has 0 unspecified atom stereocenters. The summed E-state index contributed by atoms with van der Waals surface area (Å²) in [6, 6.07) is 6.88. The monoisotopic (exact) mass is 301 g/mol. The third-order valence-electron chi connectivity index (χ3n) is 3.58. The van der Waals surface area contributed by atoms with Gasteiger partial charge in [-0.2, -0.15) is 0 Å². The smallest absolute Gasteiger partial charge is 0.250 e. The Morgan fingerprint density at radius 3 is 2.91 bits per heavy atom. The average molecular weight is 301 g/mol. The van der Waals surface area contributed by atoms with Crippen LogP contribution in [-0.2, 0) is 20.9 Å². The second kappa shape index (κ2) is 6.89. The summed E-state index contributed by atoms with van der Waals surface area (Å²) >= 11 is 0. The molecule has 1 aliphatic heterocycles. The number of rotatable bonds is 5. The standard InChI is InChI=1S/C16H19N3O3/c1-3-15(21)19(2)12-6-4-5-11(9-12)10-17-16(22)13-7-8-14(20)18-13/h3-6,9,13H,1,7-8,10H2,2H3,(H,17,22)(H,18,20)/t13-/m1/s1. The Hall–Kier alpha value is -2.63. The van der Waals surface area contributed by atoms with Crippen molar-refractivity contribution in [3.63, 3.8) is 0 Å². The Bertz CT molecular complexity index is 612. The van der Waals surface area contributed by atoms with E-state index >= 15 is 0 Å². The molecule has 1 saturated heterocycles. The van der Waals surface area contributed by atoms with Crippen molar-refractivity contribution in [3.8, 4) is 0 Å². The van der Waals surface area contributed by atoms with Crippen molar-refractivity contribution >= 4 is 23.4 Å². The van der Waals surface area contributed by atoms with Crippen LogP contribution in [0.15, 0.2) is 36.9 Å². The molecular formula is C16H19N3O3. The summed E-state index contributed by atoms with van der Waals surface area (Å²) < 4.78 is 0. The van der Waals surface area contributed by atoms with Crippen LogP contribution in [0.5, 0.6) is 0 Å². The van der Waals surface area contributed by atoms with Gasteiger partial charge in [0.15, 0.2) is 0 Å². The quantitative estimate of drug-likeness (QED) is 0.787. The third-order valence-corrected chi connectivity index (χ3v) is 3.58. The Labute approximate surface area is 129 Å². The number of likely N-dealkylation sites (N-methyl/N-ethyl adjacent to an activating group) is 1. The second-order valence-corrected chi connectivity index (χ2v) is 5.15. The first kappa shape index (κ1) is 15.8. The molecule has 0 aromatic heterocycles. The van der Waals surface area contributed by atoms with Crippen LogP contribution in [0.3, 0.4) is 0 Å². The van der Waals surface area contributed by atoms with Crippen molar-refractivity contribution in [2.75, 3.05) is 11.9 Å². The number of carbonyl (C=O) groups is 3. The van der Waals surface area contributed by atoms with Crippen LogP contribution in [0.1, 0.15) is 18.4 Å². The van der Waals surface area contributed by atoms with Crippen molar-refractivity contribution < 1.29 is 14.4 Å². The van der Waals surface area contributed by atoms with E-state index in [0.29, 0.717) is 19.4 Å². The lowest BCUT2D eigenvalue weighted by atomic mass is 10.1. The van der Waals surface area contributed by atoms with Gasteiger partial charge in [0.2, 0.25) is 17.7 Å². The van der Waals surface area contributed by atoms with E-state index in [4.69, 9.17) is 0 Å². The zero-order valence-electron chi connectivity index (χ0n) is 12.5. The summed E-state index contributed by atoms with van der Waals surface area (Å²) in [6.07, 6.45) is 2.17. The normalized spacial score (nSPS) is 16.8. The van der Waals surface area contributed by atoms with Crippen molar-refractivity contribution in [1.29, 1.82) is 0 Å². The van der Waals surface area contributed by atoms with Crippen molar-refractivity contribution in [1.82, 2.24) is 10.6 Å². The number of benzene rings is 1. The summed E-state index contributed by atoms with van der Waals surface area (Å²) in [5.41, 5.74) is 1.60. The molecule has 1 fully saturated rings. The van der Waals surface area contributed by atoms with Gasteiger partial charge in [-0.1, -0.05) is 18.7 Å². The molecule has 0 bridgehead atoms. The fourth-order valence-corrected chi connectivity index (χ4v) is 2.26. The number of nitrogens with one attached hydrogen (secondary N) is 2. The van der Waals surface area contributed by atoms with Crippen LogP contribution < -0.4 is 15.5 Å². The van der Waals surface area contributed by atoms with Crippen LogP contribution in [0.25, 0.3) is 0 Å². The molecule has 1 aromatic carbocycles. The number of hydrogen-bond acceptors (Lipinski definition) is 3. The molecule has 0 spiro atoms. The maximum atomic E-state index is 11.9. The van der Waals surface area contributed by atoms with Gasteiger partial charge in [0, 0.05) is 25.7 Å². The van der Waals surface area contributed by atoms with Gasteiger partial charge >= 0.3 is 0 Å². The predicted molar refractivity (Wildman–Crippen MR) is 83.1 cm³/mol. The summed E-state index contributed by atoms with van der Waals surface area (Å²) in [5, 5.41) is 5.42. The lowest BCUT2D eigenvalue weighted by molar-refractivity contribution is -0.125. The Morgan fingerprint density at radius 2 is 2.27 bits per heavy atom. The largest absolute Gasteiger partial charge is 0.350 e. The lowest BCUT2D eigenvalue weighted by Gasteiger charge is -2.16. The van der Waals surface area contributed by atoms with Gasteiger partial charge in [-0.15, -0.1) is 0 Å². The van der Waals surface area contributed by atoms with Crippen molar-refractivity contribution in [2.45, 2.75) is 25.4 Å². The highest BCUT2D eigenvalue weighted by Crippen LogP contribution is 2.15. The van der Waals surface area contributed by atoms with E-state index in [-0.39, 0.29) is 17.7 Å². The van der Waals surface area contributed by atoms with Gasteiger partial charge < -0.3 is 15.5 Å². The van der Waals surface area contributed by atoms with E-state index in [1.807, 2.05) is 24.3 Å². The first-order valence-electron chi connectivity index (χ1n) is 7.07. The molecule has 116 valence electrons. The highest BCUT2D eigenvalue weighted by atomic mass is 16.2. The molecular weight excluding hydrogens is 282 g/mol. The Balaban J connectivity index is 1.96. The molecule has 2 N–H and O–H groups in total. The molecule has 2 rings (SSSR count). The number of carbonyl (C=O) groups excluding carboxylic acids is 3. The molecule has 6 heteroatoms. The van der Waals surface area contributed by atoms with Gasteiger partial charge in [-0.05, 0) is 30.2 Å². The van der Waals surface area contributed by atoms with Crippen LogP contribution >= 0.6 is 0 Å². The molecule has 3 amide bonds. The van der Waals surface area contributed by atoms with Crippen LogP contribution in [0.2, 0.25) is 0 Å². The fraction of sp³-hybridized carbons (Fsp3) is 0.312. The molecule has 1 atom stereocenters. The number of hydrogen-bond donors (Lipinski definition) is 2. The molecule has 6 nitrogen and oxygen atoms in total. The van der Waals surface area contributed by atoms with Gasteiger partial charge in [-0.25, -0.2) is 0 Å². The van der Waals surface area contributed by atoms with Crippen molar-refractivity contribution in [2.24, 2.45) is 0 Å². The first-order chi connectivity index (χ1) is 10.5. The minimum absolute atomic E-state index is 0.0910. The Morgan fingerprint density at radius 1 is 1.50 bits per heavy atom. The maximum absolute atomic E-state index is 11.9. The van der Waals surface area contributed by atoms with Crippen LogP contribution in [0, 0.1) is 0 Å². The van der Waals surface area contributed by atoms with Crippen LogP contribution in [0.4, 0.5) is 5.69 Å². The van der Waals surface area contributed by atoms with E-state index in [9.17, 15) is 14.4 Å². The van der Waals surface area contributed by atoms with E-state index in [1.165, 1.54) is 11.0 Å². The predicted octanol–water partition coefficient (Wildman–Crippen LogP) is 0.730. The lowest BCUT2D eigenvalue weighted by Crippen LogP contribution is -2.41. The minimum Gasteiger partial charge on any atom is -0.350 e. The van der Waals surface area contributed by atoms with E-state index < -0.39 is 6.04 Å². The van der Waals surface area contributed by atoms with E-state index in [0.717, 1.165) is 11.3 Å². The average Bonchev–Trinajstić information content (AvgIpc) is 2.98. The highest BCUT2D eigenvalue weighted by Gasteiger charge is 2.26. The fourth-order valence-electron chi connectivity index (χ4n) is 2.26. The summed E-state index contributed by atoms with van der Waals surface area (Å²) in [6.45, 7) is 3.80. The number of anilines is 1. The molecule has 1 heterocycles. The minimum atomic E-state index is -0.444. The zero-order chi connectivity index (χ0) is 16.1. The molecule has 1 aliphatic rings. The summed E-state index contributed by atoms with van der Waals surface area (Å²) in [5.74, 6) is -0.478. The SMILES string of the molecule is C=CC(=O)N(C)c1cccc(CNC(=O)[C@H]2CCC(=O)N2)c1. The van der Waals surface area contributed by atoms with Crippen LogP contribution in [-0.4, -0.2) is 30.8 Å². The van der Waals surface area contributed by atoms with E-state index in [2.05, 4.69) is 17.2 Å². The molecule has 22 heavy (non-hydrogen) atoms.